The van der Waals surface area contributed by atoms with E-state index >= 15 is 0 Å². The monoisotopic (exact) mass is 247 g/mol. The lowest BCUT2D eigenvalue weighted by atomic mass is 10.0. The van der Waals surface area contributed by atoms with Crippen LogP contribution in [0.5, 0.6) is 0 Å². The summed E-state index contributed by atoms with van der Waals surface area (Å²) in [6, 6.07) is 5.66. The van der Waals surface area contributed by atoms with Gasteiger partial charge in [-0.2, -0.15) is 0 Å². The Labute approximate surface area is 108 Å². The van der Waals surface area contributed by atoms with Crippen molar-refractivity contribution >= 4 is 5.91 Å². The van der Waals surface area contributed by atoms with Crippen molar-refractivity contribution in [1.29, 1.82) is 0 Å². The zero-order chi connectivity index (χ0) is 13.3. The summed E-state index contributed by atoms with van der Waals surface area (Å²) in [7, 11) is 0. The Balaban J connectivity index is 1.97. The molecule has 1 aromatic carbocycles. The third-order valence-corrected chi connectivity index (χ3v) is 3.83. The Morgan fingerprint density at radius 3 is 2.61 bits per heavy atom. The summed E-state index contributed by atoms with van der Waals surface area (Å²) in [5, 5.41) is 13.0. The van der Waals surface area contributed by atoms with Gasteiger partial charge in [0.1, 0.15) is 0 Å². The van der Waals surface area contributed by atoms with Gasteiger partial charge in [0.25, 0.3) is 5.91 Å². The van der Waals surface area contributed by atoms with Crippen LogP contribution in [0.4, 0.5) is 0 Å². The molecule has 2 N–H and O–H groups in total. The van der Waals surface area contributed by atoms with E-state index in [9.17, 15) is 9.90 Å². The minimum absolute atomic E-state index is 0.112. The molecular formula is C15H21NO2. The van der Waals surface area contributed by atoms with Crippen LogP contribution in [0.1, 0.15) is 41.3 Å². The average molecular weight is 247 g/mol. The number of carbonyl (C=O) groups is 1. The lowest BCUT2D eigenvalue weighted by Crippen LogP contribution is -2.42. The van der Waals surface area contributed by atoms with Crippen molar-refractivity contribution in [1.82, 2.24) is 5.32 Å². The molecule has 1 aliphatic rings. The van der Waals surface area contributed by atoms with E-state index < -0.39 is 5.60 Å². The lowest BCUT2D eigenvalue weighted by molar-refractivity contribution is 0.0354. The normalized spacial score (nSPS) is 18.2. The Hall–Kier alpha value is -1.35. The molecule has 98 valence electrons. The van der Waals surface area contributed by atoms with E-state index in [0.29, 0.717) is 18.0 Å². The number of nitrogens with one attached hydrogen (secondary N) is 1. The molecule has 1 saturated carbocycles. The van der Waals surface area contributed by atoms with Crippen molar-refractivity contribution in [2.24, 2.45) is 5.92 Å². The van der Waals surface area contributed by atoms with Crippen molar-refractivity contribution in [3.8, 4) is 0 Å². The lowest BCUT2D eigenvalue weighted by Gasteiger charge is -2.23. The number of amides is 1. The maximum atomic E-state index is 12.0. The van der Waals surface area contributed by atoms with Crippen molar-refractivity contribution in [3.05, 3.63) is 34.9 Å². The third-order valence-electron chi connectivity index (χ3n) is 3.83. The molecule has 0 aromatic heterocycles. The van der Waals surface area contributed by atoms with Gasteiger partial charge in [0.05, 0.1) is 5.60 Å². The number of aliphatic hydroxyl groups is 1. The Morgan fingerprint density at radius 1 is 1.39 bits per heavy atom. The second-order valence-corrected chi connectivity index (χ2v) is 5.61. The van der Waals surface area contributed by atoms with Crippen LogP contribution >= 0.6 is 0 Å². The first-order valence-corrected chi connectivity index (χ1v) is 6.48. The standard InChI is InChI=1S/C15H21NO2/c1-10-4-5-12(8-11(10)2)14(17)16-9-15(3,18)13-6-7-13/h4-5,8,13,18H,6-7,9H2,1-3H3,(H,16,17). The second kappa shape index (κ2) is 4.73. The van der Waals surface area contributed by atoms with Crippen LogP contribution in [0, 0.1) is 19.8 Å². The minimum atomic E-state index is -0.768. The van der Waals surface area contributed by atoms with Crippen LogP contribution in [0.2, 0.25) is 0 Å². The van der Waals surface area contributed by atoms with E-state index in [1.54, 1.807) is 6.92 Å². The highest BCUT2D eigenvalue weighted by Crippen LogP contribution is 2.39. The molecule has 3 heteroatoms. The average Bonchev–Trinajstić information content (AvgIpc) is 3.14. The predicted octanol–water partition coefficient (Wildman–Crippen LogP) is 2.19. The fraction of sp³-hybridized carbons (Fsp3) is 0.533. The van der Waals surface area contributed by atoms with E-state index in [1.165, 1.54) is 5.56 Å². The zero-order valence-electron chi connectivity index (χ0n) is 11.3. The summed E-state index contributed by atoms with van der Waals surface area (Å²) in [5.41, 5.74) is 2.17. The van der Waals surface area contributed by atoms with Crippen molar-refractivity contribution < 1.29 is 9.90 Å². The number of aryl methyl sites for hydroxylation is 2. The molecule has 0 heterocycles. The van der Waals surface area contributed by atoms with Gasteiger partial charge in [0, 0.05) is 12.1 Å². The molecule has 0 bridgehead atoms. The first kappa shape index (κ1) is 13.1. The van der Waals surface area contributed by atoms with Gasteiger partial charge in [-0.15, -0.1) is 0 Å². The van der Waals surface area contributed by atoms with E-state index in [0.717, 1.165) is 18.4 Å². The molecule has 0 aliphatic heterocycles. The van der Waals surface area contributed by atoms with E-state index in [2.05, 4.69) is 5.32 Å². The second-order valence-electron chi connectivity index (χ2n) is 5.61. The Kier molecular flexibility index (Phi) is 3.44. The number of hydrogen-bond acceptors (Lipinski definition) is 2. The van der Waals surface area contributed by atoms with Crippen LogP contribution < -0.4 is 5.32 Å². The van der Waals surface area contributed by atoms with Gasteiger partial charge in [-0.25, -0.2) is 0 Å². The van der Waals surface area contributed by atoms with Gasteiger partial charge in [0.15, 0.2) is 0 Å². The molecule has 0 radical (unpaired) electrons. The zero-order valence-corrected chi connectivity index (χ0v) is 11.3. The molecule has 0 spiro atoms. The SMILES string of the molecule is Cc1ccc(C(=O)NCC(C)(O)C2CC2)cc1C. The summed E-state index contributed by atoms with van der Waals surface area (Å²) >= 11 is 0. The van der Waals surface area contributed by atoms with Crippen LogP contribution in [-0.4, -0.2) is 23.2 Å². The molecule has 3 nitrogen and oxygen atoms in total. The molecule has 1 unspecified atom stereocenters. The molecule has 1 amide bonds. The van der Waals surface area contributed by atoms with E-state index in [-0.39, 0.29) is 5.91 Å². The smallest absolute Gasteiger partial charge is 0.251 e. The van der Waals surface area contributed by atoms with Gasteiger partial charge in [-0.1, -0.05) is 6.07 Å². The highest BCUT2D eigenvalue weighted by molar-refractivity contribution is 5.94. The topological polar surface area (TPSA) is 49.3 Å². The van der Waals surface area contributed by atoms with Crippen molar-refractivity contribution in [2.75, 3.05) is 6.54 Å². The summed E-state index contributed by atoms with van der Waals surface area (Å²) in [6.45, 7) is 6.14. The number of rotatable bonds is 4. The van der Waals surface area contributed by atoms with Gasteiger partial charge < -0.3 is 10.4 Å². The minimum Gasteiger partial charge on any atom is -0.388 e. The van der Waals surface area contributed by atoms with Crippen molar-refractivity contribution in [3.63, 3.8) is 0 Å². The van der Waals surface area contributed by atoms with Crippen LogP contribution in [0.3, 0.4) is 0 Å². The summed E-state index contributed by atoms with van der Waals surface area (Å²) in [4.78, 5) is 12.0. The van der Waals surface area contributed by atoms with Gasteiger partial charge in [0.2, 0.25) is 0 Å². The third kappa shape index (κ3) is 2.91. The Morgan fingerprint density at radius 2 is 2.06 bits per heavy atom. The summed E-state index contributed by atoms with van der Waals surface area (Å²) in [6.07, 6.45) is 2.12. The maximum Gasteiger partial charge on any atom is 0.251 e. The molecular weight excluding hydrogens is 226 g/mol. The summed E-state index contributed by atoms with van der Waals surface area (Å²) in [5.74, 6) is 0.233. The van der Waals surface area contributed by atoms with Gasteiger partial charge in [-0.3, -0.25) is 4.79 Å². The highest BCUT2D eigenvalue weighted by Gasteiger charge is 2.39. The number of hydrogen-bond donors (Lipinski definition) is 2. The quantitative estimate of drug-likeness (QED) is 0.857. The molecule has 1 fully saturated rings. The highest BCUT2D eigenvalue weighted by atomic mass is 16.3. The van der Waals surface area contributed by atoms with E-state index in [1.807, 2.05) is 32.0 Å². The molecule has 1 atom stereocenters. The first-order chi connectivity index (χ1) is 8.40. The number of benzene rings is 1. The maximum absolute atomic E-state index is 12.0. The molecule has 1 aliphatic carbocycles. The first-order valence-electron chi connectivity index (χ1n) is 6.48. The van der Waals surface area contributed by atoms with Crippen molar-refractivity contribution in [2.45, 2.75) is 39.2 Å². The van der Waals surface area contributed by atoms with Gasteiger partial charge >= 0.3 is 0 Å². The molecule has 2 rings (SSSR count). The fourth-order valence-corrected chi connectivity index (χ4v) is 2.09. The van der Waals surface area contributed by atoms with Crippen LogP contribution in [0.15, 0.2) is 18.2 Å². The van der Waals surface area contributed by atoms with Crippen LogP contribution in [0.25, 0.3) is 0 Å². The molecule has 0 saturated heterocycles. The van der Waals surface area contributed by atoms with Crippen LogP contribution in [-0.2, 0) is 0 Å². The summed E-state index contributed by atoms with van der Waals surface area (Å²) < 4.78 is 0. The fourth-order valence-electron chi connectivity index (χ4n) is 2.09. The van der Waals surface area contributed by atoms with E-state index in [4.69, 9.17) is 0 Å². The van der Waals surface area contributed by atoms with Gasteiger partial charge in [-0.05, 0) is 62.8 Å². The Bertz CT molecular complexity index is 462. The predicted molar refractivity (Wildman–Crippen MR) is 71.6 cm³/mol. The molecule has 18 heavy (non-hydrogen) atoms. The number of carbonyl (C=O) groups excluding carboxylic acids is 1. The largest absolute Gasteiger partial charge is 0.388 e. The molecule has 1 aromatic rings.